The zero-order chi connectivity index (χ0) is 13.3. The number of halogens is 2. The largest absolute Gasteiger partial charge is 0.337 e. The van der Waals surface area contributed by atoms with Gasteiger partial charge >= 0.3 is 0 Å². The molecule has 1 atom stereocenters. The molecular formula is C12H13Cl2N3O. The van der Waals surface area contributed by atoms with Gasteiger partial charge in [-0.25, -0.2) is 0 Å². The molecule has 0 saturated heterocycles. The highest BCUT2D eigenvalue weighted by atomic mass is 35.5. The molecule has 18 heavy (non-hydrogen) atoms. The van der Waals surface area contributed by atoms with Crippen LogP contribution in [0.15, 0.2) is 22.7 Å². The number of benzene rings is 1. The first-order chi connectivity index (χ1) is 8.47. The van der Waals surface area contributed by atoms with Crippen LogP contribution < -0.4 is 5.73 Å². The fourth-order valence-electron chi connectivity index (χ4n) is 1.46. The van der Waals surface area contributed by atoms with Gasteiger partial charge in [-0.2, -0.15) is 4.98 Å². The molecule has 2 aromatic rings. The highest BCUT2D eigenvalue weighted by Gasteiger charge is 2.18. The van der Waals surface area contributed by atoms with E-state index in [1.165, 1.54) is 0 Å². The van der Waals surface area contributed by atoms with Crippen LogP contribution in [0, 0.1) is 5.92 Å². The Morgan fingerprint density at radius 2 is 1.78 bits per heavy atom. The van der Waals surface area contributed by atoms with E-state index in [1.54, 1.807) is 18.2 Å². The van der Waals surface area contributed by atoms with Gasteiger partial charge in [-0.05, 0) is 24.1 Å². The van der Waals surface area contributed by atoms with Crippen molar-refractivity contribution < 1.29 is 4.52 Å². The Morgan fingerprint density at radius 1 is 1.17 bits per heavy atom. The Balaban J connectivity index is 2.35. The van der Waals surface area contributed by atoms with Gasteiger partial charge in [-0.15, -0.1) is 0 Å². The second kappa shape index (κ2) is 5.26. The monoisotopic (exact) mass is 285 g/mol. The zero-order valence-corrected chi connectivity index (χ0v) is 11.5. The van der Waals surface area contributed by atoms with Crippen LogP contribution in [0.4, 0.5) is 0 Å². The number of hydrogen-bond donors (Lipinski definition) is 1. The molecule has 1 aromatic carbocycles. The molecule has 0 bridgehead atoms. The maximum absolute atomic E-state index is 5.94. The molecule has 1 heterocycles. The zero-order valence-electron chi connectivity index (χ0n) is 10.0. The summed E-state index contributed by atoms with van der Waals surface area (Å²) in [4.78, 5) is 4.26. The summed E-state index contributed by atoms with van der Waals surface area (Å²) in [5.74, 6) is 1.07. The van der Waals surface area contributed by atoms with Crippen molar-refractivity contribution in [2.75, 3.05) is 0 Å². The number of nitrogens with two attached hydrogens (primary N) is 1. The fourth-order valence-corrected chi connectivity index (χ4v) is 1.98. The number of nitrogens with zero attached hydrogens (tertiary/aromatic N) is 2. The maximum Gasteiger partial charge on any atom is 0.244 e. The Kier molecular flexibility index (Phi) is 3.90. The maximum atomic E-state index is 5.94. The predicted octanol–water partition coefficient (Wildman–Crippen LogP) is 3.70. The van der Waals surface area contributed by atoms with Crippen molar-refractivity contribution in [1.82, 2.24) is 10.1 Å². The summed E-state index contributed by atoms with van der Waals surface area (Å²) in [5, 5.41) is 4.94. The van der Waals surface area contributed by atoms with Crippen LogP contribution >= 0.6 is 23.2 Å². The van der Waals surface area contributed by atoms with Crippen molar-refractivity contribution in [3.63, 3.8) is 0 Å². The van der Waals surface area contributed by atoms with Gasteiger partial charge in [-0.3, -0.25) is 0 Å². The molecule has 0 aliphatic rings. The van der Waals surface area contributed by atoms with Gasteiger partial charge in [0.15, 0.2) is 0 Å². The molecule has 0 fully saturated rings. The molecule has 0 unspecified atom stereocenters. The van der Waals surface area contributed by atoms with Crippen LogP contribution in [-0.2, 0) is 0 Å². The predicted molar refractivity (Wildman–Crippen MR) is 71.5 cm³/mol. The fraction of sp³-hybridized carbons (Fsp3) is 0.333. The molecule has 0 aliphatic heterocycles. The molecule has 0 spiro atoms. The summed E-state index contributed by atoms with van der Waals surface area (Å²) < 4.78 is 5.15. The van der Waals surface area contributed by atoms with E-state index in [0.717, 1.165) is 0 Å². The summed E-state index contributed by atoms with van der Waals surface area (Å²) in [6.45, 7) is 3.98. The van der Waals surface area contributed by atoms with E-state index in [2.05, 4.69) is 10.1 Å². The molecule has 2 rings (SSSR count). The van der Waals surface area contributed by atoms with E-state index in [-0.39, 0.29) is 12.0 Å². The second-order valence-electron chi connectivity index (χ2n) is 4.38. The summed E-state index contributed by atoms with van der Waals surface area (Å²) in [6, 6.07) is 4.82. The lowest BCUT2D eigenvalue weighted by Crippen LogP contribution is -2.16. The Bertz CT molecular complexity index is 534. The first kappa shape index (κ1) is 13.3. The van der Waals surface area contributed by atoms with E-state index < -0.39 is 0 Å². The van der Waals surface area contributed by atoms with Crippen LogP contribution in [0.5, 0.6) is 0 Å². The first-order valence-electron chi connectivity index (χ1n) is 5.53. The third kappa shape index (κ3) is 2.83. The van der Waals surface area contributed by atoms with E-state index in [4.69, 9.17) is 33.5 Å². The molecule has 2 N–H and O–H groups in total. The van der Waals surface area contributed by atoms with Crippen LogP contribution in [-0.4, -0.2) is 10.1 Å². The van der Waals surface area contributed by atoms with E-state index >= 15 is 0 Å². The molecule has 0 aliphatic carbocycles. The molecule has 0 amide bonds. The smallest absolute Gasteiger partial charge is 0.244 e. The van der Waals surface area contributed by atoms with Gasteiger partial charge < -0.3 is 10.3 Å². The minimum Gasteiger partial charge on any atom is -0.337 e. The summed E-state index contributed by atoms with van der Waals surface area (Å²) in [5.41, 5.74) is 6.65. The van der Waals surface area contributed by atoms with Crippen molar-refractivity contribution >= 4 is 23.2 Å². The Hall–Kier alpha value is -1.10. The minimum atomic E-state index is -0.277. The standard InChI is InChI=1S/C12H13Cl2N3O/c1-6(2)10(15)12-16-11(17-18-12)7-3-8(13)5-9(14)4-7/h3-6,10H,15H2,1-2H3/t10-/m1/s1. The van der Waals surface area contributed by atoms with Gasteiger partial charge in [0, 0.05) is 15.6 Å². The normalized spacial score (nSPS) is 13.0. The van der Waals surface area contributed by atoms with Crippen LogP contribution in [0.1, 0.15) is 25.8 Å². The lowest BCUT2D eigenvalue weighted by Gasteiger charge is -2.09. The van der Waals surface area contributed by atoms with Crippen molar-refractivity contribution in [2.45, 2.75) is 19.9 Å². The van der Waals surface area contributed by atoms with Crippen LogP contribution in [0.25, 0.3) is 11.4 Å². The van der Waals surface area contributed by atoms with Gasteiger partial charge in [0.25, 0.3) is 0 Å². The Morgan fingerprint density at radius 3 is 2.33 bits per heavy atom. The van der Waals surface area contributed by atoms with E-state index in [9.17, 15) is 0 Å². The van der Waals surface area contributed by atoms with Gasteiger partial charge in [0.1, 0.15) is 0 Å². The third-order valence-electron chi connectivity index (χ3n) is 2.57. The molecule has 6 heteroatoms. The number of rotatable bonds is 3. The van der Waals surface area contributed by atoms with Crippen LogP contribution in [0.3, 0.4) is 0 Å². The first-order valence-corrected chi connectivity index (χ1v) is 6.28. The Labute approximate surface area is 115 Å². The summed E-state index contributed by atoms with van der Waals surface area (Å²) >= 11 is 11.8. The van der Waals surface area contributed by atoms with E-state index in [0.29, 0.717) is 27.3 Å². The van der Waals surface area contributed by atoms with Gasteiger partial charge in [-0.1, -0.05) is 42.2 Å². The molecule has 96 valence electrons. The number of hydrogen-bond acceptors (Lipinski definition) is 4. The van der Waals surface area contributed by atoms with Gasteiger partial charge in [0.05, 0.1) is 6.04 Å². The van der Waals surface area contributed by atoms with Gasteiger partial charge in [0.2, 0.25) is 11.7 Å². The lowest BCUT2D eigenvalue weighted by atomic mass is 10.1. The molecule has 4 nitrogen and oxygen atoms in total. The highest BCUT2D eigenvalue weighted by molar-refractivity contribution is 6.35. The molecule has 0 saturated carbocycles. The highest BCUT2D eigenvalue weighted by Crippen LogP contribution is 2.26. The van der Waals surface area contributed by atoms with Crippen molar-refractivity contribution in [3.8, 4) is 11.4 Å². The number of aromatic nitrogens is 2. The average Bonchev–Trinajstić information content (AvgIpc) is 2.75. The molecular weight excluding hydrogens is 273 g/mol. The topological polar surface area (TPSA) is 64.9 Å². The van der Waals surface area contributed by atoms with E-state index in [1.807, 2.05) is 13.8 Å². The average molecular weight is 286 g/mol. The quantitative estimate of drug-likeness (QED) is 0.934. The summed E-state index contributed by atoms with van der Waals surface area (Å²) in [6.07, 6.45) is 0. The molecule has 1 aromatic heterocycles. The van der Waals surface area contributed by atoms with Crippen molar-refractivity contribution in [1.29, 1.82) is 0 Å². The third-order valence-corrected chi connectivity index (χ3v) is 3.00. The second-order valence-corrected chi connectivity index (χ2v) is 5.26. The van der Waals surface area contributed by atoms with Crippen molar-refractivity contribution in [2.24, 2.45) is 11.7 Å². The summed E-state index contributed by atoms with van der Waals surface area (Å²) in [7, 11) is 0. The lowest BCUT2D eigenvalue weighted by molar-refractivity contribution is 0.325. The van der Waals surface area contributed by atoms with Crippen LogP contribution in [0.2, 0.25) is 10.0 Å². The SMILES string of the molecule is CC(C)[C@@H](N)c1nc(-c2cc(Cl)cc(Cl)c2)no1. The van der Waals surface area contributed by atoms with Crippen molar-refractivity contribution in [3.05, 3.63) is 34.1 Å². The molecule has 0 radical (unpaired) electrons. The minimum absolute atomic E-state index is 0.223.